The van der Waals surface area contributed by atoms with Crippen molar-refractivity contribution in [3.05, 3.63) is 0 Å². The smallest absolute Gasteiger partial charge is 0.319 e. The lowest BCUT2D eigenvalue weighted by atomic mass is 9.84. The van der Waals surface area contributed by atoms with Gasteiger partial charge in [0.1, 0.15) is 0 Å². The van der Waals surface area contributed by atoms with Crippen LogP contribution in [0.1, 0.15) is 46.0 Å². The first-order valence-corrected chi connectivity index (χ1v) is 6.13. The SMILES string of the molecule is CCOC(=O)CN[C@@H](C)C1CCCCC1. The van der Waals surface area contributed by atoms with Gasteiger partial charge in [0.2, 0.25) is 0 Å². The van der Waals surface area contributed by atoms with Crippen molar-refractivity contribution in [2.45, 2.75) is 52.0 Å². The lowest BCUT2D eigenvalue weighted by molar-refractivity contribution is -0.142. The molecule has 1 N–H and O–H groups in total. The van der Waals surface area contributed by atoms with Crippen molar-refractivity contribution in [2.24, 2.45) is 5.92 Å². The van der Waals surface area contributed by atoms with E-state index in [1.54, 1.807) is 0 Å². The predicted octanol–water partition coefficient (Wildman–Crippen LogP) is 2.11. The molecule has 0 aromatic carbocycles. The Hall–Kier alpha value is -0.570. The molecule has 0 aromatic heterocycles. The first-order valence-electron chi connectivity index (χ1n) is 6.13. The zero-order chi connectivity index (χ0) is 11.1. The van der Waals surface area contributed by atoms with Crippen LogP contribution in [-0.2, 0) is 9.53 Å². The molecule has 0 radical (unpaired) electrons. The van der Waals surface area contributed by atoms with Crippen LogP contribution in [0.5, 0.6) is 0 Å². The molecular formula is C12H23NO2. The zero-order valence-electron chi connectivity index (χ0n) is 9.92. The van der Waals surface area contributed by atoms with Crippen molar-refractivity contribution in [3.8, 4) is 0 Å². The highest BCUT2D eigenvalue weighted by molar-refractivity contribution is 5.71. The molecule has 0 heterocycles. The van der Waals surface area contributed by atoms with Gasteiger partial charge in [0.25, 0.3) is 0 Å². The van der Waals surface area contributed by atoms with Gasteiger partial charge in [-0.2, -0.15) is 0 Å². The number of nitrogens with one attached hydrogen (secondary N) is 1. The molecule has 1 aliphatic carbocycles. The van der Waals surface area contributed by atoms with E-state index in [0.29, 0.717) is 19.2 Å². The first kappa shape index (κ1) is 12.5. The third-order valence-corrected chi connectivity index (χ3v) is 3.23. The minimum atomic E-state index is -0.139. The Labute approximate surface area is 92.6 Å². The second-order valence-electron chi connectivity index (χ2n) is 4.37. The van der Waals surface area contributed by atoms with Crippen LogP contribution in [0, 0.1) is 5.92 Å². The molecule has 0 saturated heterocycles. The largest absolute Gasteiger partial charge is 0.465 e. The van der Waals surface area contributed by atoms with Crippen LogP contribution in [0.4, 0.5) is 0 Å². The van der Waals surface area contributed by atoms with Crippen molar-refractivity contribution >= 4 is 5.97 Å². The average Bonchev–Trinajstić information content (AvgIpc) is 2.27. The van der Waals surface area contributed by atoms with E-state index in [1.165, 1.54) is 32.1 Å². The molecule has 1 aliphatic rings. The molecule has 1 atom stereocenters. The predicted molar refractivity (Wildman–Crippen MR) is 60.7 cm³/mol. The summed E-state index contributed by atoms with van der Waals surface area (Å²) in [4.78, 5) is 11.1. The standard InChI is InChI=1S/C12H23NO2/c1-3-15-12(14)9-13-10(2)11-7-5-4-6-8-11/h10-11,13H,3-9H2,1-2H3/t10-/m0/s1. The van der Waals surface area contributed by atoms with Gasteiger partial charge in [-0.3, -0.25) is 4.79 Å². The summed E-state index contributed by atoms with van der Waals surface area (Å²) in [5.74, 6) is 0.605. The molecule has 0 aromatic rings. The molecule has 1 saturated carbocycles. The van der Waals surface area contributed by atoms with Crippen LogP contribution < -0.4 is 5.32 Å². The number of carbonyl (C=O) groups is 1. The Kier molecular flexibility index (Phi) is 5.69. The Bertz CT molecular complexity index is 188. The Morgan fingerprint density at radius 1 is 1.40 bits per heavy atom. The fraction of sp³-hybridized carbons (Fsp3) is 0.917. The number of hydrogen-bond acceptors (Lipinski definition) is 3. The van der Waals surface area contributed by atoms with E-state index >= 15 is 0 Å². The third-order valence-electron chi connectivity index (χ3n) is 3.23. The normalized spacial score (nSPS) is 19.9. The zero-order valence-corrected chi connectivity index (χ0v) is 9.92. The summed E-state index contributed by atoms with van der Waals surface area (Å²) in [6, 6.07) is 0.440. The molecule has 0 aliphatic heterocycles. The van der Waals surface area contributed by atoms with Gasteiger partial charge in [0.15, 0.2) is 0 Å². The van der Waals surface area contributed by atoms with E-state index < -0.39 is 0 Å². The van der Waals surface area contributed by atoms with E-state index in [-0.39, 0.29) is 5.97 Å². The third kappa shape index (κ3) is 4.65. The van der Waals surface area contributed by atoms with Gasteiger partial charge in [0, 0.05) is 6.04 Å². The number of carbonyl (C=O) groups excluding carboxylic acids is 1. The molecule has 88 valence electrons. The second kappa shape index (κ2) is 6.83. The molecule has 1 rings (SSSR count). The van der Waals surface area contributed by atoms with Crippen molar-refractivity contribution in [1.29, 1.82) is 0 Å². The van der Waals surface area contributed by atoms with Crippen LogP contribution in [0.2, 0.25) is 0 Å². The maximum absolute atomic E-state index is 11.1. The number of rotatable bonds is 5. The van der Waals surface area contributed by atoms with Crippen LogP contribution in [-0.4, -0.2) is 25.2 Å². The van der Waals surface area contributed by atoms with E-state index in [1.807, 2.05) is 6.92 Å². The monoisotopic (exact) mass is 213 g/mol. The molecule has 0 bridgehead atoms. The summed E-state index contributed by atoms with van der Waals surface area (Å²) >= 11 is 0. The van der Waals surface area contributed by atoms with Crippen molar-refractivity contribution in [3.63, 3.8) is 0 Å². The van der Waals surface area contributed by atoms with E-state index in [4.69, 9.17) is 4.74 Å². The summed E-state index contributed by atoms with van der Waals surface area (Å²) in [6.07, 6.45) is 6.67. The summed E-state index contributed by atoms with van der Waals surface area (Å²) < 4.78 is 4.88. The highest BCUT2D eigenvalue weighted by Gasteiger charge is 2.20. The summed E-state index contributed by atoms with van der Waals surface area (Å²) in [5, 5.41) is 3.26. The van der Waals surface area contributed by atoms with Gasteiger partial charge >= 0.3 is 5.97 Å². The van der Waals surface area contributed by atoms with Crippen LogP contribution in [0.25, 0.3) is 0 Å². The highest BCUT2D eigenvalue weighted by Crippen LogP contribution is 2.26. The maximum atomic E-state index is 11.1. The highest BCUT2D eigenvalue weighted by atomic mass is 16.5. The van der Waals surface area contributed by atoms with E-state index in [0.717, 1.165) is 5.92 Å². The Balaban J connectivity index is 2.16. The minimum absolute atomic E-state index is 0.139. The number of ether oxygens (including phenoxy) is 1. The lowest BCUT2D eigenvalue weighted by Crippen LogP contribution is -2.38. The Morgan fingerprint density at radius 2 is 2.07 bits per heavy atom. The quantitative estimate of drug-likeness (QED) is 0.711. The van der Waals surface area contributed by atoms with Crippen molar-refractivity contribution < 1.29 is 9.53 Å². The van der Waals surface area contributed by atoms with Crippen LogP contribution in [0.15, 0.2) is 0 Å². The molecule has 0 amide bonds. The fourth-order valence-corrected chi connectivity index (χ4v) is 2.26. The van der Waals surface area contributed by atoms with Gasteiger partial charge in [-0.05, 0) is 32.6 Å². The fourth-order valence-electron chi connectivity index (χ4n) is 2.26. The molecule has 3 nitrogen and oxygen atoms in total. The van der Waals surface area contributed by atoms with Crippen LogP contribution >= 0.6 is 0 Å². The second-order valence-corrected chi connectivity index (χ2v) is 4.37. The lowest BCUT2D eigenvalue weighted by Gasteiger charge is -2.28. The first-order chi connectivity index (χ1) is 7.24. The molecule has 0 spiro atoms. The molecular weight excluding hydrogens is 190 g/mol. The van der Waals surface area contributed by atoms with Gasteiger partial charge in [-0.1, -0.05) is 19.3 Å². The summed E-state index contributed by atoms with van der Waals surface area (Å²) in [6.45, 7) is 4.83. The number of hydrogen-bond donors (Lipinski definition) is 1. The van der Waals surface area contributed by atoms with Gasteiger partial charge in [-0.25, -0.2) is 0 Å². The van der Waals surface area contributed by atoms with Gasteiger partial charge in [0.05, 0.1) is 13.2 Å². The van der Waals surface area contributed by atoms with Crippen molar-refractivity contribution in [1.82, 2.24) is 5.32 Å². The average molecular weight is 213 g/mol. The topological polar surface area (TPSA) is 38.3 Å². The number of esters is 1. The van der Waals surface area contributed by atoms with Gasteiger partial charge < -0.3 is 10.1 Å². The van der Waals surface area contributed by atoms with Gasteiger partial charge in [-0.15, -0.1) is 0 Å². The summed E-state index contributed by atoms with van der Waals surface area (Å²) in [5.41, 5.74) is 0. The van der Waals surface area contributed by atoms with E-state index in [9.17, 15) is 4.79 Å². The van der Waals surface area contributed by atoms with Crippen LogP contribution in [0.3, 0.4) is 0 Å². The maximum Gasteiger partial charge on any atom is 0.319 e. The molecule has 15 heavy (non-hydrogen) atoms. The van der Waals surface area contributed by atoms with E-state index in [2.05, 4.69) is 12.2 Å². The van der Waals surface area contributed by atoms with Crippen molar-refractivity contribution in [2.75, 3.05) is 13.2 Å². The molecule has 0 unspecified atom stereocenters. The molecule has 1 fully saturated rings. The minimum Gasteiger partial charge on any atom is -0.465 e. The Morgan fingerprint density at radius 3 is 2.67 bits per heavy atom. The summed E-state index contributed by atoms with van der Waals surface area (Å²) in [7, 11) is 0. The molecule has 3 heteroatoms.